The van der Waals surface area contributed by atoms with Gasteiger partial charge in [0.2, 0.25) is 0 Å². The van der Waals surface area contributed by atoms with Crippen LogP contribution in [0.2, 0.25) is 0 Å². The fraction of sp³-hybridized carbons (Fsp3) is 0.880. The zero-order chi connectivity index (χ0) is 23.6. The van der Waals surface area contributed by atoms with Crippen LogP contribution in [0.5, 0.6) is 0 Å². The Bertz CT molecular complexity index is 413. The molecule has 0 saturated carbocycles. The van der Waals surface area contributed by atoms with E-state index >= 15 is 0 Å². The smallest absolute Gasteiger partial charge is 0.303 e. The van der Waals surface area contributed by atoms with Gasteiger partial charge < -0.3 is 15.3 Å². The molecule has 0 bridgehead atoms. The van der Waals surface area contributed by atoms with Gasteiger partial charge in [-0.15, -0.1) is 0 Å². The van der Waals surface area contributed by atoms with Crippen LogP contribution in [0, 0.1) is 35.6 Å². The molecule has 0 rings (SSSR count). The normalized spacial score (nSPS) is 10.0. The van der Waals surface area contributed by atoms with Crippen LogP contribution >= 0.6 is 0 Å². The minimum atomic E-state index is -0.819. The average Bonchev–Trinajstić information content (AvgIpc) is 2.70. The average molecular weight is 584 g/mol. The van der Waals surface area contributed by atoms with Crippen LogP contribution in [0.3, 0.4) is 0 Å². The van der Waals surface area contributed by atoms with Gasteiger partial charge in [0.1, 0.15) is 0 Å². The monoisotopic (exact) mass is 583 g/mol. The van der Waals surface area contributed by atoms with E-state index in [1.807, 2.05) is 0 Å². The van der Waals surface area contributed by atoms with Gasteiger partial charge in [-0.2, -0.15) is 0 Å². The maximum absolute atomic E-state index is 10.3. The quantitative estimate of drug-likeness (QED) is 0.114. The van der Waals surface area contributed by atoms with Crippen molar-refractivity contribution in [3.05, 3.63) is 0 Å². The molecule has 0 fully saturated rings. The number of carbonyl (C=O) groups is 3. The molecule has 1 radical (unpaired) electrons. The summed E-state index contributed by atoms with van der Waals surface area (Å²) < 4.78 is 0. The van der Waals surface area contributed by atoms with Crippen LogP contribution in [0.4, 0.5) is 0 Å². The number of carboxylic acid groups (broad SMARTS) is 3. The molecular weight excluding hydrogens is 535 g/mol. The number of hydrogen-bond donors (Lipinski definition) is 3. The topological polar surface area (TPSA) is 112 Å². The molecular formula is C25H48LaO6. The van der Waals surface area contributed by atoms with E-state index < -0.39 is 17.9 Å². The summed E-state index contributed by atoms with van der Waals surface area (Å²) in [6.07, 6.45) is 22.3. The molecule has 0 aromatic heterocycles. The minimum Gasteiger partial charge on any atom is -0.481 e. The first-order valence-corrected chi connectivity index (χ1v) is 12.6. The van der Waals surface area contributed by atoms with Crippen molar-refractivity contribution < 1.29 is 65.3 Å². The zero-order valence-corrected chi connectivity index (χ0v) is 24.1. The van der Waals surface area contributed by atoms with Crippen LogP contribution < -0.4 is 0 Å². The van der Waals surface area contributed by atoms with Gasteiger partial charge in [0.15, 0.2) is 0 Å². The minimum absolute atomic E-state index is 0. The predicted octanol–water partition coefficient (Wildman–Crippen LogP) is 7.44. The molecule has 0 aliphatic carbocycles. The van der Waals surface area contributed by atoms with Crippen LogP contribution in [-0.2, 0) is 14.4 Å². The maximum Gasteiger partial charge on any atom is 0.303 e. The van der Waals surface area contributed by atoms with Gasteiger partial charge in [-0.25, -0.2) is 0 Å². The predicted molar refractivity (Wildman–Crippen MR) is 126 cm³/mol. The van der Waals surface area contributed by atoms with Gasteiger partial charge in [-0.1, -0.05) is 103 Å². The van der Waals surface area contributed by atoms with Crippen LogP contribution in [0.15, 0.2) is 0 Å². The molecule has 0 aromatic carbocycles. The fourth-order valence-electron chi connectivity index (χ4n) is 3.38. The summed E-state index contributed by atoms with van der Waals surface area (Å²) in [5.74, 6) is -2.29. The number of aliphatic carboxylic acids is 3. The van der Waals surface area contributed by atoms with Gasteiger partial charge in [-0.05, 0) is 19.3 Å². The Kier molecular flexibility index (Phi) is 34.6. The standard InChI is InChI=1S/C18H36O2.C7H12O4.La/c1-2-3-4-5-6-7-8-9-10-11-12-13-14-15-16-17-18(19)20;8-6(9)4-2-1-3-5-7(10)11;/h2-17H2,1H3,(H,19,20);1-5H2,(H,8,9)(H,10,11);. The van der Waals surface area contributed by atoms with E-state index in [9.17, 15) is 14.4 Å². The summed E-state index contributed by atoms with van der Waals surface area (Å²) in [5.41, 5.74) is 0. The first kappa shape index (κ1) is 36.2. The van der Waals surface area contributed by atoms with Gasteiger partial charge in [-0.3, -0.25) is 14.4 Å². The maximum atomic E-state index is 10.3. The third-order valence-electron chi connectivity index (χ3n) is 5.28. The Hall–Kier alpha value is -0.395. The van der Waals surface area contributed by atoms with Gasteiger partial charge >= 0.3 is 17.9 Å². The van der Waals surface area contributed by atoms with Crippen molar-refractivity contribution in [1.29, 1.82) is 0 Å². The molecule has 6 nitrogen and oxygen atoms in total. The van der Waals surface area contributed by atoms with Crippen molar-refractivity contribution >= 4 is 17.9 Å². The van der Waals surface area contributed by atoms with Crippen molar-refractivity contribution in [3.8, 4) is 0 Å². The molecule has 0 saturated heterocycles. The van der Waals surface area contributed by atoms with Crippen LogP contribution in [0.1, 0.15) is 142 Å². The molecule has 3 N–H and O–H groups in total. The summed E-state index contributed by atoms with van der Waals surface area (Å²) in [6, 6.07) is 0. The van der Waals surface area contributed by atoms with E-state index in [1.54, 1.807) is 0 Å². The van der Waals surface area contributed by atoms with Crippen LogP contribution in [-0.4, -0.2) is 33.2 Å². The first-order chi connectivity index (χ1) is 14.9. The molecule has 0 amide bonds. The van der Waals surface area contributed by atoms with Crippen molar-refractivity contribution in [2.24, 2.45) is 0 Å². The van der Waals surface area contributed by atoms with Crippen molar-refractivity contribution in [2.45, 2.75) is 142 Å². The molecule has 7 heteroatoms. The third-order valence-corrected chi connectivity index (χ3v) is 5.28. The van der Waals surface area contributed by atoms with E-state index in [4.69, 9.17) is 15.3 Å². The van der Waals surface area contributed by atoms with E-state index in [0.29, 0.717) is 25.7 Å². The van der Waals surface area contributed by atoms with Gasteiger partial charge in [0.25, 0.3) is 0 Å². The molecule has 0 aromatic rings. The second kappa shape index (κ2) is 30.6. The van der Waals surface area contributed by atoms with E-state index in [0.717, 1.165) is 12.8 Å². The number of rotatable bonds is 22. The summed E-state index contributed by atoms with van der Waals surface area (Å²) in [5, 5.41) is 24.9. The molecule has 0 aliphatic rings. The van der Waals surface area contributed by atoms with E-state index in [-0.39, 0.29) is 48.4 Å². The Balaban J connectivity index is -0.000000597. The molecule has 0 unspecified atom stereocenters. The molecule has 0 atom stereocenters. The fourth-order valence-corrected chi connectivity index (χ4v) is 3.38. The third kappa shape index (κ3) is 40.0. The SMILES string of the molecule is CCCCCCCCCCCCCCCCCC(=O)O.O=C(O)CCCCCC(=O)O.[La]. The Morgan fingerprint density at radius 1 is 0.406 bits per heavy atom. The van der Waals surface area contributed by atoms with Crippen molar-refractivity contribution in [2.75, 3.05) is 0 Å². The molecule has 0 aliphatic heterocycles. The second-order valence-corrected chi connectivity index (χ2v) is 8.44. The molecule has 0 heterocycles. The van der Waals surface area contributed by atoms with E-state index in [1.165, 1.54) is 83.5 Å². The summed E-state index contributed by atoms with van der Waals surface area (Å²) in [4.78, 5) is 30.3. The summed E-state index contributed by atoms with van der Waals surface area (Å²) >= 11 is 0. The van der Waals surface area contributed by atoms with Gasteiger partial charge in [0.05, 0.1) is 0 Å². The second-order valence-electron chi connectivity index (χ2n) is 8.44. The Morgan fingerprint density at radius 3 is 0.812 bits per heavy atom. The molecule has 187 valence electrons. The Morgan fingerprint density at radius 2 is 0.594 bits per heavy atom. The first-order valence-electron chi connectivity index (χ1n) is 12.6. The summed E-state index contributed by atoms with van der Waals surface area (Å²) in [7, 11) is 0. The number of unbranched alkanes of at least 4 members (excludes halogenated alkanes) is 16. The number of hydrogen-bond acceptors (Lipinski definition) is 3. The molecule has 0 spiro atoms. The van der Waals surface area contributed by atoms with E-state index in [2.05, 4.69) is 6.92 Å². The van der Waals surface area contributed by atoms with Crippen LogP contribution in [0.25, 0.3) is 0 Å². The van der Waals surface area contributed by atoms with Crippen molar-refractivity contribution in [1.82, 2.24) is 0 Å². The van der Waals surface area contributed by atoms with Crippen molar-refractivity contribution in [3.63, 3.8) is 0 Å². The number of carboxylic acids is 3. The summed E-state index contributed by atoms with van der Waals surface area (Å²) in [6.45, 7) is 2.27. The largest absolute Gasteiger partial charge is 0.481 e. The Labute approximate surface area is 223 Å². The zero-order valence-electron chi connectivity index (χ0n) is 20.5. The molecule has 32 heavy (non-hydrogen) atoms. The van der Waals surface area contributed by atoms with Gasteiger partial charge in [0, 0.05) is 54.9 Å².